The molecule has 0 spiro atoms. The normalized spacial score (nSPS) is 19.8. The third kappa shape index (κ3) is 4.75. The fourth-order valence-corrected chi connectivity index (χ4v) is 5.54. The highest BCUT2D eigenvalue weighted by Crippen LogP contribution is 2.43. The molecule has 1 atom stereocenters. The Morgan fingerprint density at radius 2 is 1.85 bits per heavy atom. The standard InChI is InChI=1S/C30H31N5O4/c1-34-15-13-20(14-16-34)18-31-29(37)39-28-32-25-12-11-22(17-26(25)33-28)30(38)24-10-6-5-9-23(24)27(36)35(30)19-21-7-3-2-4-8-21/h2-12,17,20,38H,13-16,18-19H2,1H3,(H,31,37)(H,32,33). The summed E-state index contributed by atoms with van der Waals surface area (Å²) in [5, 5.41) is 15.0. The van der Waals surface area contributed by atoms with Gasteiger partial charge >= 0.3 is 12.1 Å². The number of rotatable bonds is 6. The first-order valence-corrected chi connectivity index (χ1v) is 13.2. The zero-order valence-electron chi connectivity index (χ0n) is 21.8. The third-order valence-electron chi connectivity index (χ3n) is 7.78. The first-order chi connectivity index (χ1) is 18.9. The predicted molar refractivity (Wildman–Crippen MR) is 146 cm³/mol. The molecule has 1 fully saturated rings. The van der Waals surface area contributed by atoms with Crippen LogP contribution in [-0.2, 0) is 12.3 Å². The number of fused-ring (bicyclic) bond motifs is 2. The maximum absolute atomic E-state index is 13.4. The number of H-pyrrole nitrogens is 1. The number of carbonyl (C=O) groups excluding carboxylic acids is 2. The van der Waals surface area contributed by atoms with Gasteiger partial charge in [0.2, 0.25) is 0 Å². The molecule has 3 N–H and O–H groups in total. The highest BCUT2D eigenvalue weighted by atomic mass is 16.6. The molecule has 4 aromatic rings. The van der Waals surface area contributed by atoms with Crippen molar-refractivity contribution in [2.75, 3.05) is 26.7 Å². The van der Waals surface area contributed by atoms with Crippen LogP contribution in [0.5, 0.6) is 6.01 Å². The van der Waals surface area contributed by atoms with E-state index in [0.29, 0.717) is 40.2 Å². The fourth-order valence-electron chi connectivity index (χ4n) is 5.54. The van der Waals surface area contributed by atoms with E-state index in [4.69, 9.17) is 4.74 Å². The molecular weight excluding hydrogens is 494 g/mol. The molecule has 1 saturated heterocycles. The molecule has 1 unspecified atom stereocenters. The van der Waals surface area contributed by atoms with E-state index in [9.17, 15) is 14.7 Å². The number of ether oxygens (including phenoxy) is 1. The van der Waals surface area contributed by atoms with E-state index in [-0.39, 0.29) is 18.5 Å². The van der Waals surface area contributed by atoms with Gasteiger partial charge in [0.05, 0.1) is 11.0 Å². The van der Waals surface area contributed by atoms with Crippen molar-refractivity contribution in [3.8, 4) is 6.01 Å². The van der Waals surface area contributed by atoms with Crippen molar-refractivity contribution in [1.82, 2.24) is 25.1 Å². The Morgan fingerprint density at radius 1 is 1.10 bits per heavy atom. The number of benzene rings is 3. The van der Waals surface area contributed by atoms with Gasteiger partial charge in [0.1, 0.15) is 0 Å². The minimum atomic E-state index is -1.69. The zero-order chi connectivity index (χ0) is 27.0. The van der Waals surface area contributed by atoms with Crippen molar-refractivity contribution in [3.63, 3.8) is 0 Å². The maximum atomic E-state index is 13.4. The van der Waals surface area contributed by atoms with Gasteiger partial charge in [-0.05, 0) is 62.7 Å². The highest BCUT2D eigenvalue weighted by molar-refractivity contribution is 6.00. The Labute approximate surface area is 226 Å². The second-order valence-electron chi connectivity index (χ2n) is 10.4. The number of nitrogens with one attached hydrogen (secondary N) is 2. The summed E-state index contributed by atoms with van der Waals surface area (Å²) in [6.45, 7) is 2.85. The average molecular weight is 526 g/mol. The Morgan fingerprint density at radius 3 is 2.64 bits per heavy atom. The molecule has 39 heavy (non-hydrogen) atoms. The summed E-state index contributed by atoms with van der Waals surface area (Å²) in [5.41, 5.74) is 1.87. The van der Waals surface area contributed by atoms with E-state index in [1.165, 1.54) is 4.90 Å². The van der Waals surface area contributed by atoms with Crippen molar-refractivity contribution < 1.29 is 19.4 Å². The summed E-state index contributed by atoms with van der Waals surface area (Å²) < 4.78 is 5.42. The lowest BCUT2D eigenvalue weighted by molar-refractivity contribution is -0.0542. The number of aromatic amines is 1. The maximum Gasteiger partial charge on any atom is 0.415 e. The average Bonchev–Trinajstić information content (AvgIpc) is 3.45. The number of amides is 2. The van der Waals surface area contributed by atoms with Crippen LogP contribution in [0.15, 0.2) is 72.8 Å². The molecule has 3 aromatic carbocycles. The molecule has 200 valence electrons. The number of carbonyl (C=O) groups is 2. The number of imidazole rings is 1. The SMILES string of the molecule is CN1CCC(CNC(=O)Oc2nc3ccc(C4(O)c5ccccc5C(=O)N4Cc4ccccc4)cc3[nH]2)CC1. The number of aromatic nitrogens is 2. The van der Waals surface area contributed by atoms with Gasteiger partial charge in [-0.3, -0.25) is 9.69 Å². The minimum absolute atomic E-state index is 0.0686. The molecule has 0 saturated carbocycles. The molecule has 9 heteroatoms. The molecule has 6 rings (SSSR count). The van der Waals surface area contributed by atoms with Crippen LogP contribution in [0.2, 0.25) is 0 Å². The quantitative estimate of drug-likeness (QED) is 0.353. The van der Waals surface area contributed by atoms with Crippen LogP contribution in [0.25, 0.3) is 11.0 Å². The number of likely N-dealkylation sites (tertiary alicyclic amines) is 1. The molecule has 2 amide bonds. The lowest BCUT2D eigenvalue weighted by Crippen LogP contribution is -2.44. The largest absolute Gasteiger partial charge is 0.415 e. The molecule has 1 aromatic heterocycles. The minimum Gasteiger partial charge on any atom is -0.375 e. The van der Waals surface area contributed by atoms with Gasteiger partial charge in [-0.25, -0.2) is 4.79 Å². The molecule has 2 aliphatic rings. The molecule has 0 aliphatic carbocycles. The van der Waals surface area contributed by atoms with Gasteiger partial charge in [0.25, 0.3) is 5.91 Å². The van der Waals surface area contributed by atoms with E-state index in [1.807, 2.05) is 36.4 Å². The van der Waals surface area contributed by atoms with Gasteiger partial charge in [-0.2, -0.15) is 4.98 Å². The highest BCUT2D eigenvalue weighted by Gasteiger charge is 2.49. The lowest BCUT2D eigenvalue weighted by Gasteiger charge is -2.35. The monoisotopic (exact) mass is 525 g/mol. The molecular formula is C30H31N5O4. The summed E-state index contributed by atoms with van der Waals surface area (Å²) in [5.74, 6) is 0.190. The van der Waals surface area contributed by atoms with Crippen LogP contribution in [0.4, 0.5) is 4.79 Å². The van der Waals surface area contributed by atoms with Crippen molar-refractivity contribution in [2.45, 2.75) is 25.1 Å². The van der Waals surface area contributed by atoms with Crippen LogP contribution in [0.1, 0.15) is 39.9 Å². The van der Waals surface area contributed by atoms with Crippen LogP contribution < -0.4 is 10.1 Å². The molecule has 2 aliphatic heterocycles. The third-order valence-corrected chi connectivity index (χ3v) is 7.78. The Kier molecular flexibility index (Phi) is 6.54. The molecule has 0 bridgehead atoms. The number of nitrogens with zero attached hydrogens (tertiary/aromatic N) is 3. The van der Waals surface area contributed by atoms with Gasteiger partial charge < -0.3 is 25.0 Å². The van der Waals surface area contributed by atoms with Crippen LogP contribution in [0.3, 0.4) is 0 Å². The summed E-state index contributed by atoms with van der Waals surface area (Å²) >= 11 is 0. The number of piperidine rings is 1. The van der Waals surface area contributed by atoms with Gasteiger partial charge in [-0.15, -0.1) is 0 Å². The Balaban J connectivity index is 1.24. The Bertz CT molecular complexity index is 1510. The molecule has 9 nitrogen and oxygen atoms in total. The molecule has 3 heterocycles. The van der Waals surface area contributed by atoms with Gasteiger partial charge in [-0.1, -0.05) is 54.6 Å². The lowest BCUT2D eigenvalue weighted by atomic mass is 9.93. The van der Waals surface area contributed by atoms with E-state index in [1.54, 1.807) is 36.4 Å². The second kappa shape index (κ2) is 10.2. The van der Waals surface area contributed by atoms with Gasteiger partial charge in [0.15, 0.2) is 5.72 Å². The summed E-state index contributed by atoms with van der Waals surface area (Å²) in [4.78, 5) is 37.1. The second-order valence-corrected chi connectivity index (χ2v) is 10.4. The van der Waals surface area contributed by atoms with Crippen LogP contribution >= 0.6 is 0 Å². The van der Waals surface area contributed by atoms with Gasteiger partial charge in [0, 0.05) is 29.8 Å². The summed E-state index contributed by atoms with van der Waals surface area (Å²) in [6, 6.07) is 22.0. The first-order valence-electron chi connectivity index (χ1n) is 13.2. The Hall–Kier alpha value is -4.21. The van der Waals surface area contributed by atoms with E-state index < -0.39 is 11.8 Å². The predicted octanol–water partition coefficient (Wildman–Crippen LogP) is 3.84. The smallest absolute Gasteiger partial charge is 0.375 e. The number of hydrogen-bond donors (Lipinski definition) is 3. The zero-order valence-corrected chi connectivity index (χ0v) is 21.8. The van der Waals surface area contributed by atoms with Crippen molar-refractivity contribution in [2.24, 2.45) is 5.92 Å². The molecule has 0 radical (unpaired) electrons. The van der Waals surface area contributed by atoms with Crippen molar-refractivity contribution >= 4 is 23.0 Å². The van der Waals surface area contributed by atoms with E-state index in [0.717, 1.165) is 31.5 Å². The number of hydrogen-bond acceptors (Lipinski definition) is 6. The summed E-state index contributed by atoms with van der Waals surface area (Å²) in [7, 11) is 2.10. The van der Waals surface area contributed by atoms with Crippen LogP contribution in [0, 0.1) is 5.92 Å². The number of aliphatic hydroxyl groups is 1. The van der Waals surface area contributed by atoms with Crippen molar-refractivity contribution in [3.05, 3.63) is 95.1 Å². The first kappa shape index (κ1) is 25.1. The van der Waals surface area contributed by atoms with E-state index in [2.05, 4.69) is 27.2 Å². The topological polar surface area (TPSA) is 111 Å². The summed E-state index contributed by atoms with van der Waals surface area (Å²) in [6.07, 6.45) is 1.52. The van der Waals surface area contributed by atoms with E-state index >= 15 is 0 Å². The van der Waals surface area contributed by atoms with Crippen molar-refractivity contribution in [1.29, 1.82) is 0 Å². The fraction of sp³-hybridized carbons (Fsp3) is 0.300. The van der Waals surface area contributed by atoms with Crippen LogP contribution in [-0.4, -0.2) is 63.6 Å².